The molecular formula is C14H11N3O. The zero-order valence-corrected chi connectivity index (χ0v) is 9.55. The average molecular weight is 237 g/mol. The number of rotatable bonds is 2. The fraction of sp³-hybridized carbons (Fsp3) is 0. The number of carbonyl (C=O) groups excluding carboxylic acids is 1. The molecule has 0 saturated carbocycles. The summed E-state index contributed by atoms with van der Waals surface area (Å²) in [5.74, 6) is 4.78. The van der Waals surface area contributed by atoms with Crippen molar-refractivity contribution in [3.63, 3.8) is 0 Å². The van der Waals surface area contributed by atoms with Gasteiger partial charge in [0.2, 0.25) is 0 Å². The number of hydrogen-bond donors (Lipinski definition) is 2. The van der Waals surface area contributed by atoms with Crippen molar-refractivity contribution in [1.29, 1.82) is 5.26 Å². The summed E-state index contributed by atoms with van der Waals surface area (Å²) >= 11 is 0. The van der Waals surface area contributed by atoms with E-state index in [0.29, 0.717) is 16.7 Å². The summed E-state index contributed by atoms with van der Waals surface area (Å²) in [5, 5.41) is 8.92. The van der Waals surface area contributed by atoms with Crippen LogP contribution in [-0.2, 0) is 0 Å². The molecule has 2 aromatic carbocycles. The minimum absolute atomic E-state index is 0.377. The number of amides is 1. The smallest absolute Gasteiger partial charge is 0.265 e. The third kappa shape index (κ3) is 2.21. The van der Waals surface area contributed by atoms with Gasteiger partial charge in [0.25, 0.3) is 5.91 Å². The molecular weight excluding hydrogens is 226 g/mol. The van der Waals surface area contributed by atoms with Gasteiger partial charge in [-0.05, 0) is 29.3 Å². The van der Waals surface area contributed by atoms with E-state index in [2.05, 4.69) is 11.5 Å². The fourth-order valence-electron chi connectivity index (χ4n) is 1.75. The molecule has 0 aliphatic heterocycles. The predicted molar refractivity (Wildman–Crippen MR) is 68.2 cm³/mol. The first-order valence-corrected chi connectivity index (χ1v) is 5.37. The van der Waals surface area contributed by atoms with Crippen LogP contribution in [0.15, 0.2) is 48.5 Å². The van der Waals surface area contributed by atoms with E-state index in [9.17, 15) is 4.79 Å². The highest BCUT2D eigenvalue weighted by atomic mass is 16.2. The standard InChI is InChI=1S/C14H11N3O/c15-9-10-6-7-12(14(18)17-16)13(8-10)11-4-2-1-3-5-11/h1-8H,16H2,(H,17,18). The van der Waals surface area contributed by atoms with Crippen molar-refractivity contribution in [2.45, 2.75) is 0 Å². The predicted octanol–water partition coefficient (Wildman–Crippen LogP) is 1.83. The first kappa shape index (κ1) is 11.8. The number of nitrogens with one attached hydrogen (secondary N) is 1. The lowest BCUT2D eigenvalue weighted by atomic mass is 9.97. The van der Waals surface area contributed by atoms with Gasteiger partial charge in [-0.3, -0.25) is 10.2 Å². The van der Waals surface area contributed by atoms with Gasteiger partial charge in [0.15, 0.2) is 0 Å². The van der Waals surface area contributed by atoms with Crippen LogP contribution in [0, 0.1) is 11.3 Å². The molecule has 3 N–H and O–H groups in total. The Bertz CT molecular complexity index is 615. The molecule has 0 aliphatic carbocycles. The van der Waals surface area contributed by atoms with Crippen LogP contribution < -0.4 is 11.3 Å². The van der Waals surface area contributed by atoms with Crippen LogP contribution >= 0.6 is 0 Å². The summed E-state index contributed by atoms with van der Waals surface area (Å²) in [5.41, 5.74) is 4.62. The van der Waals surface area contributed by atoms with Crippen LogP contribution in [0.1, 0.15) is 15.9 Å². The number of nitrogens with zero attached hydrogens (tertiary/aromatic N) is 1. The maximum atomic E-state index is 11.7. The van der Waals surface area contributed by atoms with Gasteiger partial charge in [0.1, 0.15) is 0 Å². The largest absolute Gasteiger partial charge is 0.290 e. The van der Waals surface area contributed by atoms with Crippen molar-refractivity contribution in [2.24, 2.45) is 5.84 Å². The molecule has 0 radical (unpaired) electrons. The molecule has 2 aromatic rings. The first-order chi connectivity index (χ1) is 8.76. The van der Waals surface area contributed by atoms with Crippen molar-refractivity contribution >= 4 is 5.91 Å². The SMILES string of the molecule is N#Cc1ccc(C(=O)NN)c(-c2ccccc2)c1. The molecule has 0 spiro atoms. The van der Waals surface area contributed by atoms with Gasteiger partial charge < -0.3 is 0 Å². The van der Waals surface area contributed by atoms with Crippen LogP contribution in [0.25, 0.3) is 11.1 Å². The minimum atomic E-state index is -0.377. The Balaban J connectivity index is 2.63. The number of hydrazine groups is 1. The van der Waals surface area contributed by atoms with Crippen molar-refractivity contribution in [2.75, 3.05) is 0 Å². The second-order valence-corrected chi connectivity index (χ2v) is 3.71. The molecule has 1 amide bonds. The summed E-state index contributed by atoms with van der Waals surface area (Å²) in [7, 11) is 0. The first-order valence-electron chi connectivity index (χ1n) is 5.37. The van der Waals surface area contributed by atoms with Crippen LogP contribution in [0.4, 0.5) is 0 Å². The maximum Gasteiger partial charge on any atom is 0.265 e. The van der Waals surface area contributed by atoms with Gasteiger partial charge in [-0.2, -0.15) is 5.26 Å². The summed E-state index contributed by atoms with van der Waals surface area (Å²) in [6, 6.07) is 16.3. The van der Waals surface area contributed by atoms with Gasteiger partial charge in [0.05, 0.1) is 11.6 Å². The molecule has 2 rings (SSSR count). The van der Waals surface area contributed by atoms with Crippen molar-refractivity contribution in [1.82, 2.24) is 5.43 Å². The lowest BCUT2D eigenvalue weighted by molar-refractivity contribution is 0.0954. The second kappa shape index (κ2) is 5.13. The Morgan fingerprint density at radius 1 is 1.17 bits per heavy atom. The molecule has 0 fully saturated rings. The lowest BCUT2D eigenvalue weighted by Crippen LogP contribution is -2.30. The molecule has 0 atom stereocenters. The van der Waals surface area contributed by atoms with E-state index in [1.54, 1.807) is 18.2 Å². The summed E-state index contributed by atoms with van der Waals surface area (Å²) in [6.07, 6.45) is 0. The van der Waals surface area contributed by atoms with Gasteiger partial charge in [-0.1, -0.05) is 30.3 Å². The lowest BCUT2D eigenvalue weighted by Gasteiger charge is -2.08. The maximum absolute atomic E-state index is 11.7. The molecule has 4 heteroatoms. The Kier molecular flexibility index (Phi) is 3.37. The Morgan fingerprint density at radius 2 is 1.89 bits per heavy atom. The van der Waals surface area contributed by atoms with E-state index in [1.807, 2.05) is 30.3 Å². The highest BCUT2D eigenvalue weighted by Crippen LogP contribution is 2.24. The molecule has 0 heterocycles. The van der Waals surface area contributed by atoms with E-state index in [-0.39, 0.29) is 5.91 Å². The number of nitrogens with two attached hydrogens (primary N) is 1. The average Bonchev–Trinajstić information content (AvgIpc) is 2.46. The molecule has 0 saturated heterocycles. The third-order valence-electron chi connectivity index (χ3n) is 2.61. The molecule has 88 valence electrons. The van der Waals surface area contributed by atoms with E-state index in [0.717, 1.165) is 5.56 Å². The van der Waals surface area contributed by atoms with E-state index < -0.39 is 0 Å². The highest BCUT2D eigenvalue weighted by molar-refractivity contribution is 6.00. The quantitative estimate of drug-likeness (QED) is 0.475. The molecule has 0 aliphatic rings. The molecule has 0 aromatic heterocycles. The van der Waals surface area contributed by atoms with E-state index in [1.165, 1.54) is 0 Å². The molecule has 0 bridgehead atoms. The van der Waals surface area contributed by atoms with Crippen molar-refractivity contribution in [3.8, 4) is 17.2 Å². The summed E-state index contributed by atoms with van der Waals surface area (Å²) in [6.45, 7) is 0. The second-order valence-electron chi connectivity index (χ2n) is 3.71. The van der Waals surface area contributed by atoms with Crippen LogP contribution in [0.3, 0.4) is 0 Å². The van der Waals surface area contributed by atoms with Gasteiger partial charge >= 0.3 is 0 Å². The normalized spacial score (nSPS) is 9.56. The zero-order valence-electron chi connectivity index (χ0n) is 9.55. The molecule has 0 unspecified atom stereocenters. The van der Waals surface area contributed by atoms with Gasteiger partial charge in [-0.15, -0.1) is 0 Å². The summed E-state index contributed by atoms with van der Waals surface area (Å²) in [4.78, 5) is 11.7. The van der Waals surface area contributed by atoms with E-state index >= 15 is 0 Å². The van der Waals surface area contributed by atoms with Gasteiger partial charge in [0, 0.05) is 5.56 Å². The number of nitriles is 1. The Morgan fingerprint density at radius 3 is 2.50 bits per heavy atom. The minimum Gasteiger partial charge on any atom is -0.290 e. The van der Waals surface area contributed by atoms with Crippen LogP contribution in [0.5, 0.6) is 0 Å². The summed E-state index contributed by atoms with van der Waals surface area (Å²) < 4.78 is 0. The van der Waals surface area contributed by atoms with E-state index in [4.69, 9.17) is 11.1 Å². The van der Waals surface area contributed by atoms with Crippen LogP contribution in [-0.4, -0.2) is 5.91 Å². The molecule has 18 heavy (non-hydrogen) atoms. The number of nitrogen functional groups attached to an aromatic ring is 1. The Labute approximate surface area is 105 Å². The zero-order chi connectivity index (χ0) is 13.0. The van der Waals surface area contributed by atoms with Gasteiger partial charge in [-0.25, -0.2) is 5.84 Å². The number of carbonyl (C=O) groups is 1. The monoisotopic (exact) mass is 237 g/mol. The Hall–Kier alpha value is -2.64. The third-order valence-corrected chi connectivity index (χ3v) is 2.61. The van der Waals surface area contributed by atoms with Crippen molar-refractivity contribution in [3.05, 3.63) is 59.7 Å². The number of hydrogen-bond acceptors (Lipinski definition) is 3. The topological polar surface area (TPSA) is 78.9 Å². The van der Waals surface area contributed by atoms with Crippen molar-refractivity contribution < 1.29 is 4.79 Å². The molecule has 4 nitrogen and oxygen atoms in total. The highest BCUT2D eigenvalue weighted by Gasteiger charge is 2.12. The fourth-order valence-corrected chi connectivity index (χ4v) is 1.75. The van der Waals surface area contributed by atoms with Crippen LogP contribution in [0.2, 0.25) is 0 Å². The number of benzene rings is 2.